The number of carbonyl (C=O) groups excluding carboxylic acids is 1. The lowest BCUT2D eigenvalue weighted by Crippen LogP contribution is -2.43. The highest BCUT2D eigenvalue weighted by Gasteiger charge is 2.22. The lowest BCUT2D eigenvalue weighted by molar-refractivity contribution is -0.384. The molecule has 1 amide bonds. The SMILES string of the molecule is CNc1cc(-c2ccc([N+](=O)[O-])cc2)sc1C(=O)NCCN1CCS(=O)(=O)CC1. The molecule has 2 heterocycles. The van der Waals surface area contributed by atoms with Gasteiger partial charge in [-0.05, 0) is 23.8 Å². The summed E-state index contributed by atoms with van der Waals surface area (Å²) in [5.41, 5.74) is 1.50. The van der Waals surface area contributed by atoms with E-state index in [1.165, 1.54) is 23.5 Å². The largest absolute Gasteiger partial charge is 0.387 e. The van der Waals surface area contributed by atoms with Gasteiger partial charge in [0.2, 0.25) is 0 Å². The molecule has 156 valence electrons. The Kier molecular flexibility index (Phi) is 6.50. The van der Waals surface area contributed by atoms with Crippen LogP contribution in [0.4, 0.5) is 11.4 Å². The van der Waals surface area contributed by atoms with E-state index in [2.05, 4.69) is 10.6 Å². The number of rotatable bonds is 7. The molecule has 1 aliphatic heterocycles. The van der Waals surface area contributed by atoms with Gasteiger partial charge in [-0.3, -0.25) is 19.8 Å². The lowest BCUT2D eigenvalue weighted by Gasteiger charge is -2.26. The molecule has 0 spiro atoms. The van der Waals surface area contributed by atoms with Crippen LogP contribution >= 0.6 is 11.3 Å². The second-order valence-corrected chi connectivity index (χ2v) is 10.0. The van der Waals surface area contributed by atoms with Gasteiger partial charge in [0, 0.05) is 50.2 Å². The first kappa shape index (κ1) is 21.2. The van der Waals surface area contributed by atoms with Crippen LogP contribution < -0.4 is 10.6 Å². The summed E-state index contributed by atoms with van der Waals surface area (Å²) >= 11 is 1.31. The molecule has 0 atom stereocenters. The maximum absolute atomic E-state index is 12.6. The smallest absolute Gasteiger partial charge is 0.269 e. The molecule has 1 aliphatic rings. The number of sulfone groups is 1. The van der Waals surface area contributed by atoms with Crippen molar-refractivity contribution in [1.82, 2.24) is 10.2 Å². The van der Waals surface area contributed by atoms with Crippen LogP contribution in [0.5, 0.6) is 0 Å². The van der Waals surface area contributed by atoms with E-state index in [0.717, 1.165) is 10.4 Å². The van der Waals surface area contributed by atoms with Crippen LogP contribution in [0.3, 0.4) is 0 Å². The minimum absolute atomic E-state index is 0.0163. The van der Waals surface area contributed by atoms with Crippen molar-refractivity contribution < 1.29 is 18.1 Å². The van der Waals surface area contributed by atoms with Gasteiger partial charge in [-0.1, -0.05) is 0 Å². The minimum Gasteiger partial charge on any atom is -0.387 e. The summed E-state index contributed by atoms with van der Waals surface area (Å²) in [7, 11) is -1.18. The predicted octanol–water partition coefficient (Wildman–Crippen LogP) is 1.83. The summed E-state index contributed by atoms with van der Waals surface area (Å²) in [5, 5.41) is 16.7. The van der Waals surface area contributed by atoms with Crippen LogP contribution in [0.15, 0.2) is 30.3 Å². The Morgan fingerprint density at radius 3 is 2.48 bits per heavy atom. The van der Waals surface area contributed by atoms with Crippen molar-refractivity contribution in [1.29, 1.82) is 0 Å². The molecule has 3 rings (SSSR count). The fourth-order valence-corrected chi connectivity index (χ4v) is 5.38. The van der Waals surface area contributed by atoms with E-state index in [4.69, 9.17) is 0 Å². The second kappa shape index (κ2) is 8.89. The van der Waals surface area contributed by atoms with Gasteiger partial charge in [0.1, 0.15) is 4.88 Å². The molecule has 2 aromatic rings. The number of benzene rings is 1. The number of nitro benzene ring substituents is 1. The molecule has 1 saturated heterocycles. The molecule has 9 nitrogen and oxygen atoms in total. The highest BCUT2D eigenvalue weighted by Crippen LogP contribution is 2.35. The van der Waals surface area contributed by atoms with Crippen LogP contribution in [-0.4, -0.2) is 68.9 Å². The summed E-state index contributed by atoms with van der Waals surface area (Å²) in [6.45, 7) is 2.00. The Morgan fingerprint density at radius 1 is 1.24 bits per heavy atom. The van der Waals surface area contributed by atoms with Gasteiger partial charge in [-0.25, -0.2) is 8.42 Å². The monoisotopic (exact) mass is 438 g/mol. The number of non-ortho nitro benzene ring substituents is 1. The number of thiophene rings is 1. The van der Waals surface area contributed by atoms with E-state index in [0.29, 0.717) is 36.7 Å². The minimum atomic E-state index is -2.91. The normalized spacial score (nSPS) is 16.3. The number of nitrogens with zero attached hydrogens (tertiary/aromatic N) is 2. The molecule has 1 aromatic carbocycles. The van der Waals surface area contributed by atoms with E-state index in [9.17, 15) is 23.3 Å². The van der Waals surface area contributed by atoms with Crippen molar-refractivity contribution >= 4 is 38.5 Å². The van der Waals surface area contributed by atoms with E-state index in [1.54, 1.807) is 19.2 Å². The number of nitrogens with one attached hydrogen (secondary N) is 2. The molecule has 2 N–H and O–H groups in total. The van der Waals surface area contributed by atoms with Gasteiger partial charge >= 0.3 is 0 Å². The zero-order valence-corrected chi connectivity index (χ0v) is 17.5. The molecule has 1 fully saturated rings. The fraction of sp³-hybridized carbons (Fsp3) is 0.389. The summed E-state index contributed by atoms with van der Waals surface area (Å²) in [4.78, 5) is 26.3. The van der Waals surface area contributed by atoms with Gasteiger partial charge in [-0.15, -0.1) is 11.3 Å². The average molecular weight is 439 g/mol. The first-order chi connectivity index (χ1) is 13.8. The molecule has 0 bridgehead atoms. The van der Waals surface area contributed by atoms with Gasteiger partial charge in [-0.2, -0.15) is 0 Å². The predicted molar refractivity (Wildman–Crippen MR) is 113 cm³/mol. The number of amides is 1. The zero-order chi connectivity index (χ0) is 21.0. The molecule has 29 heavy (non-hydrogen) atoms. The van der Waals surface area contributed by atoms with Crippen molar-refractivity contribution in [3.8, 4) is 10.4 Å². The number of hydrogen-bond donors (Lipinski definition) is 2. The lowest BCUT2D eigenvalue weighted by atomic mass is 10.1. The first-order valence-corrected chi connectivity index (χ1v) is 11.7. The Balaban J connectivity index is 1.62. The zero-order valence-electron chi connectivity index (χ0n) is 15.9. The van der Waals surface area contributed by atoms with Gasteiger partial charge in [0.25, 0.3) is 11.6 Å². The summed E-state index contributed by atoms with van der Waals surface area (Å²) in [6, 6.07) is 8.04. The van der Waals surface area contributed by atoms with Crippen molar-refractivity contribution in [3.05, 3.63) is 45.3 Å². The second-order valence-electron chi connectivity index (χ2n) is 6.66. The number of hydrogen-bond acceptors (Lipinski definition) is 8. The summed E-state index contributed by atoms with van der Waals surface area (Å²) < 4.78 is 22.9. The molecule has 0 radical (unpaired) electrons. The number of nitro groups is 1. The van der Waals surface area contributed by atoms with Crippen LogP contribution in [0.25, 0.3) is 10.4 Å². The third-order valence-electron chi connectivity index (χ3n) is 4.72. The molecule has 0 unspecified atom stereocenters. The molecule has 1 aromatic heterocycles. The fourth-order valence-electron chi connectivity index (χ4n) is 3.02. The van der Waals surface area contributed by atoms with E-state index >= 15 is 0 Å². The number of carbonyl (C=O) groups is 1. The highest BCUT2D eigenvalue weighted by molar-refractivity contribution is 7.91. The van der Waals surface area contributed by atoms with E-state index in [1.807, 2.05) is 11.0 Å². The molecule has 0 saturated carbocycles. The van der Waals surface area contributed by atoms with Gasteiger partial charge in [0.15, 0.2) is 9.84 Å². The molecular formula is C18H22N4O5S2. The maximum Gasteiger partial charge on any atom is 0.269 e. The van der Waals surface area contributed by atoms with Crippen LogP contribution in [0.2, 0.25) is 0 Å². The molecule has 11 heteroatoms. The van der Waals surface area contributed by atoms with E-state index < -0.39 is 14.8 Å². The Bertz CT molecular complexity index is 988. The summed E-state index contributed by atoms with van der Waals surface area (Å²) in [6.07, 6.45) is 0. The van der Waals surface area contributed by atoms with Gasteiger partial charge in [0.05, 0.1) is 22.1 Å². The van der Waals surface area contributed by atoms with Crippen molar-refractivity contribution in [2.45, 2.75) is 0 Å². The maximum atomic E-state index is 12.6. The van der Waals surface area contributed by atoms with Crippen LogP contribution in [0.1, 0.15) is 9.67 Å². The van der Waals surface area contributed by atoms with Crippen molar-refractivity contribution in [2.75, 3.05) is 50.0 Å². The Morgan fingerprint density at radius 2 is 1.90 bits per heavy atom. The van der Waals surface area contributed by atoms with Crippen molar-refractivity contribution in [2.24, 2.45) is 0 Å². The van der Waals surface area contributed by atoms with E-state index in [-0.39, 0.29) is 23.1 Å². The van der Waals surface area contributed by atoms with Gasteiger partial charge < -0.3 is 10.6 Å². The highest BCUT2D eigenvalue weighted by atomic mass is 32.2. The quantitative estimate of drug-likeness (QED) is 0.499. The summed E-state index contributed by atoms with van der Waals surface area (Å²) in [5.74, 6) is 0.111. The Labute approximate surface area is 172 Å². The standard InChI is InChI=1S/C18H22N4O5S2/c1-19-15-12-16(13-2-4-14(5-3-13)22(24)25)28-17(15)18(23)20-6-7-21-8-10-29(26,27)11-9-21/h2-5,12,19H,6-11H2,1H3,(H,20,23). The topological polar surface area (TPSA) is 122 Å². The third kappa shape index (κ3) is 5.31. The van der Waals surface area contributed by atoms with Crippen LogP contribution in [0, 0.1) is 10.1 Å². The van der Waals surface area contributed by atoms with Crippen LogP contribution in [-0.2, 0) is 9.84 Å². The average Bonchev–Trinajstić information content (AvgIpc) is 3.14. The van der Waals surface area contributed by atoms with Crippen molar-refractivity contribution in [3.63, 3.8) is 0 Å². The Hall–Kier alpha value is -2.50. The third-order valence-corrected chi connectivity index (χ3v) is 7.51. The number of anilines is 1. The molecule has 0 aliphatic carbocycles. The molecular weight excluding hydrogens is 416 g/mol. The first-order valence-electron chi connectivity index (χ1n) is 9.06.